The third-order valence-electron chi connectivity index (χ3n) is 5.00. The van der Waals surface area contributed by atoms with Crippen LogP contribution in [0.4, 0.5) is 0 Å². The Morgan fingerprint density at radius 1 is 1.03 bits per heavy atom. The number of nitrogens with zero attached hydrogens (tertiary/aromatic N) is 1. The van der Waals surface area contributed by atoms with Crippen LogP contribution in [0.15, 0.2) is 70.9 Å². The Morgan fingerprint density at radius 3 is 2.25 bits per heavy atom. The molecule has 1 unspecified atom stereocenters. The lowest BCUT2D eigenvalue weighted by molar-refractivity contribution is 0.0943. The summed E-state index contributed by atoms with van der Waals surface area (Å²) in [6, 6.07) is 19.5. The van der Waals surface area contributed by atoms with Crippen LogP contribution >= 0.6 is 11.3 Å². The van der Waals surface area contributed by atoms with Crippen molar-refractivity contribution in [3.05, 3.63) is 87.6 Å². The number of rotatable bonds is 9. The molecule has 0 aliphatic heterocycles. The largest absolute Gasteiger partial charge is 0.340 e. The number of hydrogen-bond donors (Lipinski definition) is 2. The van der Waals surface area contributed by atoms with Gasteiger partial charge in [0.1, 0.15) is 0 Å². The summed E-state index contributed by atoms with van der Waals surface area (Å²) in [6.45, 7) is 4.31. The second kappa shape index (κ2) is 10.6. The first-order valence-corrected chi connectivity index (χ1v) is 12.6. The van der Waals surface area contributed by atoms with Gasteiger partial charge in [-0.05, 0) is 52.8 Å². The summed E-state index contributed by atoms with van der Waals surface area (Å²) in [7, 11) is -3.72. The predicted molar refractivity (Wildman–Crippen MR) is 126 cm³/mol. The molecule has 8 heteroatoms. The van der Waals surface area contributed by atoms with E-state index in [0.29, 0.717) is 11.5 Å². The first-order chi connectivity index (χ1) is 15.3. The molecule has 32 heavy (non-hydrogen) atoms. The number of benzene rings is 2. The van der Waals surface area contributed by atoms with E-state index in [9.17, 15) is 13.2 Å². The van der Waals surface area contributed by atoms with Gasteiger partial charge in [0.05, 0.1) is 17.0 Å². The summed E-state index contributed by atoms with van der Waals surface area (Å²) in [4.78, 5) is 14.0. The van der Waals surface area contributed by atoms with E-state index < -0.39 is 10.0 Å². The van der Waals surface area contributed by atoms with Gasteiger partial charge in [-0.2, -0.15) is 5.26 Å². The summed E-state index contributed by atoms with van der Waals surface area (Å²) in [6.07, 6.45) is 0.0853. The highest BCUT2D eigenvalue weighted by atomic mass is 32.2. The fourth-order valence-electron chi connectivity index (χ4n) is 3.17. The van der Waals surface area contributed by atoms with E-state index in [1.54, 1.807) is 11.3 Å². The maximum atomic E-state index is 13.0. The maximum Gasteiger partial charge on any atom is 0.252 e. The van der Waals surface area contributed by atoms with E-state index in [1.807, 2.05) is 35.7 Å². The van der Waals surface area contributed by atoms with Crippen LogP contribution in [-0.4, -0.2) is 20.9 Å². The molecular weight excluding hydrogens is 442 g/mol. The minimum Gasteiger partial charge on any atom is -0.340 e. The maximum absolute atomic E-state index is 13.0. The second-order valence-corrected chi connectivity index (χ2v) is 10.3. The van der Waals surface area contributed by atoms with Crippen LogP contribution in [0.3, 0.4) is 0 Å². The minimum atomic E-state index is -3.72. The predicted octanol–water partition coefficient (Wildman–Crippen LogP) is 4.58. The highest BCUT2D eigenvalue weighted by molar-refractivity contribution is 7.89. The standard InChI is InChI=1S/C24H25N3O3S2/c1-17(2)18-6-8-19(9-7-18)23(22-5-3-16-31-22)27-24(28)20-10-12-21(13-11-20)32(29,30)26-15-4-14-25/h3,5-13,16-17,23,26H,4,15H2,1-2H3,(H,27,28). The van der Waals surface area contributed by atoms with E-state index >= 15 is 0 Å². The highest BCUT2D eigenvalue weighted by Crippen LogP contribution is 2.28. The number of nitrogens with one attached hydrogen (secondary N) is 2. The zero-order valence-corrected chi connectivity index (χ0v) is 19.5. The first kappa shape index (κ1) is 23.7. The van der Waals surface area contributed by atoms with Gasteiger partial charge in [0.2, 0.25) is 10.0 Å². The normalized spacial score (nSPS) is 12.3. The Balaban J connectivity index is 1.79. The zero-order valence-electron chi connectivity index (χ0n) is 17.9. The minimum absolute atomic E-state index is 0.0408. The van der Waals surface area contributed by atoms with Crippen molar-refractivity contribution in [2.75, 3.05) is 6.54 Å². The van der Waals surface area contributed by atoms with Crippen LogP contribution in [0.5, 0.6) is 0 Å². The smallest absolute Gasteiger partial charge is 0.252 e. The first-order valence-electron chi connectivity index (χ1n) is 10.2. The van der Waals surface area contributed by atoms with Gasteiger partial charge in [0.25, 0.3) is 5.91 Å². The van der Waals surface area contributed by atoms with Crippen molar-refractivity contribution >= 4 is 27.3 Å². The van der Waals surface area contributed by atoms with Crippen molar-refractivity contribution in [1.82, 2.24) is 10.0 Å². The van der Waals surface area contributed by atoms with Crippen LogP contribution in [0, 0.1) is 11.3 Å². The van der Waals surface area contributed by atoms with Gasteiger partial charge in [-0.15, -0.1) is 11.3 Å². The molecule has 0 aliphatic carbocycles. The molecule has 6 nitrogen and oxygen atoms in total. The Morgan fingerprint density at radius 2 is 1.69 bits per heavy atom. The number of carbonyl (C=O) groups is 1. The number of nitriles is 1. The van der Waals surface area contributed by atoms with Gasteiger partial charge in [-0.25, -0.2) is 13.1 Å². The number of thiophene rings is 1. The van der Waals surface area contributed by atoms with E-state index in [2.05, 4.69) is 36.0 Å². The van der Waals surface area contributed by atoms with E-state index in [-0.39, 0.29) is 29.8 Å². The van der Waals surface area contributed by atoms with Crippen LogP contribution < -0.4 is 10.0 Å². The van der Waals surface area contributed by atoms with Gasteiger partial charge >= 0.3 is 0 Å². The van der Waals surface area contributed by atoms with Crippen molar-refractivity contribution in [3.8, 4) is 6.07 Å². The molecule has 0 saturated carbocycles. The van der Waals surface area contributed by atoms with Gasteiger partial charge in [0, 0.05) is 23.4 Å². The SMILES string of the molecule is CC(C)c1ccc(C(NC(=O)c2ccc(S(=O)(=O)NCCC#N)cc2)c2cccs2)cc1. The van der Waals surface area contributed by atoms with Gasteiger partial charge in [0.15, 0.2) is 0 Å². The lowest BCUT2D eigenvalue weighted by Gasteiger charge is -2.19. The van der Waals surface area contributed by atoms with Crippen molar-refractivity contribution in [1.29, 1.82) is 5.26 Å². The number of amides is 1. The Kier molecular flexibility index (Phi) is 7.80. The fourth-order valence-corrected chi connectivity index (χ4v) is 5.01. The molecule has 0 radical (unpaired) electrons. The van der Waals surface area contributed by atoms with Gasteiger partial charge < -0.3 is 5.32 Å². The lowest BCUT2D eigenvalue weighted by Crippen LogP contribution is -2.29. The van der Waals surface area contributed by atoms with Crippen LogP contribution in [0.2, 0.25) is 0 Å². The number of hydrogen-bond acceptors (Lipinski definition) is 5. The average molecular weight is 468 g/mol. The Hall–Kier alpha value is -2.99. The van der Waals surface area contributed by atoms with E-state index in [1.165, 1.54) is 29.8 Å². The van der Waals surface area contributed by atoms with Crippen molar-refractivity contribution in [3.63, 3.8) is 0 Å². The van der Waals surface area contributed by atoms with Gasteiger partial charge in [-0.1, -0.05) is 44.2 Å². The van der Waals surface area contributed by atoms with Crippen LogP contribution in [0.25, 0.3) is 0 Å². The molecule has 1 amide bonds. The summed E-state index contributed by atoms with van der Waals surface area (Å²) in [5, 5.41) is 13.6. The molecule has 1 aromatic heterocycles. The van der Waals surface area contributed by atoms with Crippen molar-refractivity contribution in [2.24, 2.45) is 0 Å². The second-order valence-electron chi connectivity index (χ2n) is 7.57. The molecule has 2 aromatic carbocycles. The van der Waals surface area contributed by atoms with Crippen LogP contribution in [0.1, 0.15) is 58.6 Å². The molecule has 166 valence electrons. The topological polar surface area (TPSA) is 99.1 Å². The molecular formula is C24H25N3O3S2. The quantitative estimate of drug-likeness (QED) is 0.450. The molecule has 0 fully saturated rings. The summed E-state index contributed by atoms with van der Waals surface area (Å²) in [5.74, 6) is 0.126. The highest BCUT2D eigenvalue weighted by Gasteiger charge is 2.20. The molecule has 0 saturated heterocycles. The molecule has 1 atom stereocenters. The molecule has 0 spiro atoms. The number of sulfonamides is 1. The van der Waals surface area contributed by atoms with Gasteiger partial charge in [-0.3, -0.25) is 4.79 Å². The van der Waals surface area contributed by atoms with Crippen LogP contribution in [-0.2, 0) is 10.0 Å². The van der Waals surface area contributed by atoms with Crippen molar-refractivity contribution in [2.45, 2.75) is 37.1 Å². The molecule has 1 heterocycles. The molecule has 0 bridgehead atoms. The third kappa shape index (κ3) is 5.82. The zero-order chi connectivity index (χ0) is 23.1. The third-order valence-corrected chi connectivity index (χ3v) is 7.41. The lowest BCUT2D eigenvalue weighted by atomic mass is 9.98. The summed E-state index contributed by atoms with van der Waals surface area (Å²) >= 11 is 1.56. The summed E-state index contributed by atoms with van der Waals surface area (Å²) < 4.78 is 26.9. The molecule has 3 rings (SSSR count). The van der Waals surface area contributed by atoms with E-state index in [0.717, 1.165) is 10.4 Å². The number of carbonyl (C=O) groups excluding carboxylic acids is 1. The molecule has 0 aliphatic rings. The fraction of sp³-hybridized carbons (Fsp3) is 0.250. The summed E-state index contributed by atoms with van der Waals surface area (Å²) in [5.41, 5.74) is 2.57. The Labute approximate surface area is 193 Å². The Bertz CT molecular complexity index is 1180. The molecule has 3 aromatic rings. The van der Waals surface area contributed by atoms with Crippen molar-refractivity contribution < 1.29 is 13.2 Å². The monoisotopic (exact) mass is 467 g/mol. The molecule has 2 N–H and O–H groups in total. The van der Waals surface area contributed by atoms with E-state index in [4.69, 9.17) is 5.26 Å². The average Bonchev–Trinajstić information content (AvgIpc) is 3.32.